The number of aryl methyl sites for hydroxylation is 1. The van der Waals surface area contributed by atoms with Crippen LogP contribution in [0.2, 0.25) is 0 Å². The van der Waals surface area contributed by atoms with Crippen LogP contribution >= 0.6 is 31.9 Å². The quantitative estimate of drug-likeness (QED) is 0.209. The van der Waals surface area contributed by atoms with Gasteiger partial charge in [0.15, 0.2) is 18.1 Å². The number of nitrogens with zero attached hydrogens (tertiary/aromatic N) is 3. The molecule has 0 atom stereocenters. The number of fused-ring (bicyclic) bond motifs is 1. The van der Waals surface area contributed by atoms with E-state index in [0.717, 1.165) is 10.9 Å². The molecule has 0 unspecified atom stereocenters. The molecule has 38 heavy (non-hydrogen) atoms. The van der Waals surface area contributed by atoms with Gasteiger partial charge in [0.25, 0.3) is 11.5 Å². The van der Waals surface area contributed by atoms with Crippen molar-refractivity contribution in [2.45, 2.75) is 26.7 Å². The fourth-order valence-corrected chi connectivity index (χ4v) is 4.68. The predicted octanol–water partition coefficient (Wildman–Crippen LogP) is 6.17. The van der Waals surface area contributed by atoms with Crippen LogP contribution in [0.1, 0.15) is 31.7 Å². The lowest BCUT2D eigenvalue weighted by molar-refractivity contribution is -0.118. The lowest BCUT2D eigenvalue weighted by atomic mass is 10.2. The van der Waals surface area contributed by atoms with Gasteiger partial charge in [-0.05, 0) is 77.3 Å². The Balaban J connectivity index is 1.61. The maximum Gasteiger partial charge on any atom is 0.282 e. The first-order valence-electron chi connectivity index (χ1n) is 12.1. The van der Waals surface area contributed by atoms with Crippen LogP contribution in [0.25, 0.3) is 10.9 Å². The van der Waals surface area contributed by atoms with E-state index >= 15 is 0 Å². The van der Waals surface area contributed by atoms with Gasteiger partial charge in [0.05, 0.1) is 28.2 Å². The molecule has 0 radical (unpaired) electrons. The summed E-state index contributed by atoms with van der Waals surface area (Å²) in [6.45, 7) is 4.07. The van der Waals surface area contributed by atoms with Crippen molar-refractivity contribution in [3.63, 3.8) is 0 Å². The second-order valence-electron chi connectivity index (χ2n) is 8.27. The Kier molecular flexibility index (Phi) is 9.30. The van der Waals surface area contributed by atoms with E-state index in [4.69, 9.17) is 9.47 Å². The minimum Gasteiger partial charge on any atom is -0.490 e. The third-order valence-corrected chi connectivity index (χ3v) is 6.49. The lowest BCUT2D eigenvalue weighted by Crippen LogP contribution is -2.22. The van der Waals surface area contributed by atoms with Crippen LogP contribution in [0.5, 0.6) is 11.5 Å². The zero-order valence-corrected chi connectivity index (χ0v) is 24.1. The number of rotatable bonds is 10. The van der Waals surface area contributed by atoms with E-state index < -0.39 is 0 Å². The molecule has 10 heteroatoms. The SMILES string of the molecule is CCCc1nc2ccc(Br)cc2c(=O)n1N=Cc1cc(Br)c(OCC(=O)Nc2ccccc2)c(OCC)c1. The Morgan fingerprint density at radius 3 is 2.61 bits per heavy atom. The highest BCUT2D eigenvalue weighted by molar-refractivity contribution is 9.10. The Labute approximate surface area is 236 Å². The van der Waals surface area contributed by atoms with E-state index in [2.05, 4.69) is 47.3 Å². The molecule has 0 saturated heterocycles. The van der Waals surface area contributed by atoms with Gasteiger partial charge in [0, 0.05) is 16.6 Å². The van der Waals surface area contributed by atoms with Crippen LogP contribution in [0, 0.1) is 0 Å². The Hall–Kier alpha value is -3.50. The first kappa shape index (κ1) is 27.5. The van der Waals surface area contributed by atoms with Crippen LogP contribution < -0.4 is 20.3 Å². The second-order valence-corrected chi connectivity index (χ2v) is 10.0. The molecule has 1 aromatic heterocycles. The van der Waals surface area contributed by atoms with Crippen molar-refractivity contribution in [3.8, 4) is 11.5 Å². The number of amides is 1. The van der Waals surface area contributed by atoms with Crippen LogP contribution in [0.3, 0.4) is 0 Å². The Bertz CT molecular complexity index is 1540. The molecule has 1 amide bonds. The Morgan fingerprint density at radius 2 is 1.87 bits per heavy atom. The molecule has 0 bridgehead atoms. The summed E-state index contributed by atoms with van der Waals surface area (Å²) in [4.78, 5) is 30.3. The van der Waals surface area contributed by atoms with Gasteiger partial charge >= 0.3 is 0 Å². The standard InChI is InChI=1S/C28H26Br2N4O4/c1-3-8-25-33-23-12-11-19(29)15-21(23)28(36)34(25)31-16-18-13-22(30)27(24(14-18)37-4-2)38-17-26(35)32-20-9-6-5-7-10-20/h5-7,9-16H,3-4,8,17H2,1-2H3,(H,32,35). The molecule has 196 valence electrons. The lowest BCUT2D eigenvalue weighted by Gasteiger charge is -2.15. The minimum absolute atomic E-state index is 0.199. The number of ether oxygens (including phenoxy) is 2. The van der Waals surface area contributed by atoms with E-state index in [1.165, 1.54) is 4.68 Å². The van der Waals surface area contributed by atoms with Gasteiger partial charge in [0.1, 0.15) is 5.82 Å². The van der Waals surface area contributed by atoms with Crippen molar-refractivity contribution in [1.82, 2.24) is 9.66 Å². The summed E-state index contributed by atoms with van der Waals surface area (Å²) in [7, 11) is 0. The van der Waals surface area contributed by atoms with Gasteiger partial charge in [-0.15, -0.1) is 0 Å². The number of halogens is 2. The van der Waals surface area contributed by atoms with Crippen molar-refractivity contribution >= 4 is 60.6 Å². The van der Waals surface area contributed by atoms with Crippen molar-refractivity contribution in [3.05, 3.63) is 91.4 Å². The van der Waals surface area contributed by atoms with Crippen molar-refractivity contribution in [2.75, 3.05) is 18.5 Å². The predicted molar refractivity (Wildman–Crippen MR) is 157 cm³/mol. The van der Waals surface area contributed by atoms with E-state index in [1.807, 2.05) is 44.2 Å². The molecule has 1 heterocycles. The topological polar surface area (TPSA) is 94.8 Å². The largest absolute Gasteiger partial charge is 0.490 e. The summed E-state index contributed by atoms with van der Waals surface area (Å²) >= 11 is 6.94. The van der Waals surface area contributed by atoms with E-state index in [-0.39, 0.29) is 18.1 Å². The van der Waals surface area contributed by atoms with Crippen LogP contribution in [-0.4, -0.2) is 35.0 Å². The number of carbonyl (C=O) groups is 1. The normalized spacial score (nSPS) is 11.2. The maximum absolute atomic E-state index is 13.3. The second kappa shape index (κ2) is 12.8. The van der Waals surface area contributed by atoms with E-state index in [0.29, 0.717) is 57.0 Å². The van der Waals surface area contributed by atoms with E-state index in [1.54, 1.807) is 36.5 Å². The molecule has 4 rings (SSSR count). The highest BCUT2D eigenvalue weighted by Crippen LogP contribution is 2.36. The van der Waals surface area contributed by atoms with Crippen LogP contribution in [0.4, 0.5) is 5.69 Å². The highest BCUT2D eigenvalue weighted by Gasteiger charge is 2.15. The fraction of sp³-hybridized carbons (Fsp3) is 0.214. The number of aromatic nitrogens is 2. The molecule has 0 saturated carbocycles. The summed E-state index contributed by atoms with van der Waals surface area (Å²) in [5.41, 5.74) is 1.74. The van der Waals surface area contributed by atoms with Gasteiger partial charge in [-0.25, -0.2) is 4.98 Å². The molecule has 3 aromatic carbocycles. The maximum atomic E-state index is 13.3. The highest BCUT2D eigenvalue weighted by atomic mass is 79.9. The van der Waals surface area contributed by atoms with Gasteiger partial charge in [-0.1, -0.05) is 41.1 Å². The number of hydrogen-bond acceptors (Lipinski definition) is 6. The zero-order chi connectivity index (χ0) is 27.1. The fourth-order valence-electron chi connectivity index (χ4n) is 3.75. The number of nitrogens with one attached hydrogen (secondary N) is 1. The molecule has 4 aromatic rings. The Morgan fingerprint density at radius 1 is 1.08 bits per heavy atom. The molecule has 0 aliphatic heterocycles. The van der Waals surface area contributed by atoms with Crippen molar-refractivity contribution in [1.29, 1.82) is 0 Å². The van der Waals surface area contributed by atoms with E-state index in [9.17, 15) is 9.59 Å². The van der Waals surface area contributed by atoms with Gasteiger partial charge in [0.2, 0.25) is 0 Å². The molecule has 8 nitrogen and oxygen atoms in total. The molecular formula is C28H26Br2N4O4. The summed E-state index contributed by atoms with van der Waals surface area (Å²) in [5, 5.41) is 7.75. The summed E-state index contributed by atoms with van der Waals surface area (Å²) in [6, 6.07) is 18.1. The van der Waals surface area contributed by atoms with Crippen molar-refractivity contribution < 1.29 is 14.3 Å². The van der Waals surface area contributed by atoms with Gasteiger partial charge in [-0.2, -0.15) is 9.78 Å². The third-order valence-electron chi connectivity index (χ3n) is 5.41. The molecule has 0 fully saturated rings. The molecule has 0 spiro atoms. The first-order chi connectivity index (χ1) is 18.4. The number of carbonyl (C=O) groups excluding carboxylic acids is 1. The van der Waals surface area contributed by atoms with Gasteiger partial charge in [-0.3, -0.25) is 9.59 Å². The molecule has 0 aliphatic rings. The average molecular weight is 642 g/mol. The summed E-state index contributed by atoms with van der Waals surface area (Å²) in [6.07, 6.45) is 2.99. The summed E-state index contributed by atoms with van der Waals surface area (Å²) < 4.78 is 14.3. The van der Waals surface area contributed by atoms with Gasteiger partial charge < -0.3 is 14.8 Å². The third kappa shape index (κ3) is 6.68. The number of anilines is 1. The van der Waals surface area contributed by atoms with Crippen LogP contribution in [0.15, 0.2) is 79.5 Å². The monoisotopic (exact) mass is 640 g/mol. The molecule has 1 N–H and O–H groups in total. The number of para-hydroxylation sites is 1. The first-order valence-corrected chi connectivity index (χ1v) is 13.7. The smallest absolute Gasteiger partial charge is 0.282 e. The minimum atomic E-state index is -0.297. The number of hydrogen-bond donors (Lipinski definition) is 1. The number of benzene rings is 3. The van der Waals surface area contributed by atoms with Crippen LogP contribution in [-0.2, 0) is 11.2 Å². The zero-order valence-electron chi connectivity index (χ0n) is 20.9. The van der Waals surface area contributed by atoms with Crippen molar-refractivity contribution in [2.24, 2.45) is 5.10 Å². The summed E-state index contributed by atoms with van der Waals surface area (Å²) in [5.74, 6) is 1.12. The molecule has 0 aliphatic carbocycles. The average Bonchev–Trinajstić information content (AvgIpc) is 2.89. The molecular weight excluding hydrogens is 616 g/mol.